The number of ether oxygens (including phenoxy) is 1. The number of benzene rings is 1. The monoisotopic (exact) mass is 396 g/mol. The van der Waals surface area contributed by atoms with Gasteiger partial charge in [-0.3, -0.25) is 14.4 Å². The number of thiazole rings is 1. The summed E-state index contributed by atoms with van der Waals surface area (Å²) in [6, 6.07) is 8.79. The van der Waals surface area contributed by atoms with E-state index in [1.807, 2.05) is 6.07 Å². The molecule has 2 heterocycles. The molecule has 0 amide bonds. The van der Waals surface area contributed by atoms with Gasteiger partial charge in [0.05, 0.1) is 23.4 Å². The predicted molar refractivity (Wildman–Crippen MR) is 102 cm³/mol. The minimum absolute atomic E-state index is 0.0534. The molecule has 8 nitrogen and oxygen atoms in total. The van der Waals surface area contributed by atoms with Crippen molar-refractivity contribution in [3.05, 3.63) is 56.5 Å². The van der Waals surface area contributed by atoms with Crippen molar-refractivity contribution in [3.8, 4) is 6.07 Å². The molecule has 3 aromatic rings. The molecule has 0 aliphatic rings. The molecular formula is C19H16N4O4S. The largest absolute Gasteiger partial charge is 0.458 e. The van der Waals surface area contributed by atoms with E-state index in [1.54, 1.807) is 36.6 Å². The van der Waals surface area contributed by atoms with E-state index in [-0.39, 0.29) is 18.4 Å². The van der Waals surface area contributed by atoms with Crippen LogP contribution in [0.2, 0.25) is 0 Å². The van der Waals surface area contributed by atoms with Crippen molar-refractivity contribution in [2.75, 3.05) is 6.61 Å². The number of hydrogen-bond donors (Lipinski definition) is 1. The number of aromatic nitrogens is 3. The highest BCUT2D eigenvalue weighted by Gasteiger charge is 2.24. The first-order valence-electron chi connectivity index (χ1n) is 8.46. The predicted octanol–water partition coefficient (Wildman–Crippen LogP) is 2.04. The summed E-state index contributed by atoms with van der Waals surface area (Å²) >= 11 is 1.22. The van der Waals surface area contributed by atoms with Gasteiger partial charge >= 0.3 is 5.97 Å². The Morgan fingerprint density at radius 1 is 1.32 bits per heavy atom. The van der Waals surface area contributed by atoms with Gasteiger partial charge < -0.3 is 9.72 Å². The smallest absolute Gasteiger partial charge is 0.306 e. The number of carbonyl (C=O) groups excluding carboxylic acids is 2. The number of aryl methyl sites for hydroxylation is 2. The first-order chi connectivity index (χ1) is 13.5. The number of rotatable bonds is 7. The SMILES string of the molecule is Cc1csc([C@@H](C#N)C(=O)COC(=O)CCc2nc3ccccc3c(=O)[nH]2)n1. The molecular weight excluding hydrogens is 380 g/mol. The highest BCUT2D eigenvalue weighted by atomic mass is 32.1. The molecule has 0 fully saturated rings. The lowest BCUT2D eigenvalue weighted by Crippen LogP contribution is -2.20. The normalized spacial score (nSPS) is 11.7. The first-order valence-corrected chi connectivity index (χ1v) is 9.34. The second-order valence-electron chi connectivity index (χ2n) is 6.05. The lowest BCUT2D eigenvalue weighted by molar-refractivity contribution is -0.148. The number of nitrogens with one attached hydrogen (secondary N) is 1. The van der Waals surface area contributed by atoms with Crippen LogP contribution in [0.15, 0.2) is 34.4 Å². The quantitative estimate of drug-likeness (QED) is 0.606. The van der Waals surface area contributed by atoms with Gasteiger partial charge in [-0.1, -0.05) is 12.1 Å². The maximum Gasteiger partial charge on any atom is 0.306 e. The van der Waals surface area contributed by atoms with Crippen molar-refractivity contribution in [1.29, 1.82) is 5.26 Å². The molecule has 2 aromatic heterocycles. The summed E-state index contributed by atoms with van der Waals surface area (Å²) in [4.78, 5) is 47.2. The summed E-state index contributed by atoms with van der Waals surface area (Å²) in [5.41, 5.74) is 0.988. The van der Waals surface area contributed by atoms with Gasteiger partial charge in [-0.15, -0.1) is 11.3 Å². The van der Waals surface area contributed by atoms with Gasteiger partial charge in [0.2, 0.25) is 0 Å². The van der Waals surface area contributed by atoms with Gasteiger partial charge in [-0.2, -0.15) is 5.26 Å². The molecule has 0 aliphatic carbocycles. The van der Waals surface area contributed by atoms with Crippen LogP contribution in [-0.2, 0) is 20.7 Å². The zero-order valence-electron chi connectivity index (χ0n) is 15.0. The molecule has 0 saturated carbocycles. The number of nitriles is 1. The fourth-order valence-corrected chi connectivity index (χ4v) is 3.41. The number of nitrogens with zero attached hydrogens (tertiary/aromatic N) is 3. The van der Waals surface area contributed by atoms with Crippen molar-refractivity contribution in [1.82, 2.24) is 15.0 Å². The van der Waals surface area contributed by atoms with Crippen LogP contribution in [0.1, 0.15) is 28.9 Å². The molecule has 0 saturated heterocycles. The van der Waals surface area contributed by atoms with Crippen LogP contribution in [0.25, 0.3) is 10.9 Å². The fourth-order valence-electron chi connectivity index (χ4n) is 2.55. The minimum atomic E-state index is -1.05. The van der Waals surface area contributed by atoms with Gasteiger partial charge in [-0.05, 0) is 19.1 Å². The summed E-state index contributed by atoms with van der Waals surface area (Å²) in [5.74, 6) is -1.83. The van der Waals surface area contributed by atoms with Crippen molar-refractivity contribution in [3.63, 3.8) is 0 Å². The molecule has 0 spiro atoms. The van der Waals surface area contributed by atoms with Crippen LogP contribution < -0.4 is 5.56 Å². The van der Waals surface area contributed by atoms with Crippen LogP contribution in [0.4, 0.5) is 0 Å². The number of aromatic amines is 1. The molecule has 0 unspecified atom stereocenters. The number of para-hydroxylation sites is 1. The molecule has 0 aliphatic heterocycles. The standard InChI is InChI=1S/C19H16N4O4S/c1-11-10-28-19(21-11)13(8-20)15(24)9-27-17(25)7-6-16-22-14-5-3-2-4-12(14)18(26)23-16/h2-5,10,13H,6-7,9H2,1H3,(H,22,23,26)/t13-/m0/s1. The molecule has 1 atom stereocenters. The molecule has 0 radical (unpaired) electrons. The Balaban J connectivity index is 1.55. The van der Waals surface area contributed by atoms with Gasteiger partial charge in [0.25, 0.3) is 5.56 Å². The zero-order valence-corrected chi connectivity index (χ0v) is 15.8. The van der Waals surface area contributed by atoms with Crippen LogP contribution in [-0.4, -0.2) is 33.3 Å². The zero-order chi connectivity index (χ0) is 20.1. The Morgan fingerprint density at radius 2 is 2.11 bits per heavy atom. The third kappa shape index (κ3) is 4.47. The van der Waals surface area contributed by atoms with Crippen LogP contribution in [0.3, 0.4) is 0 Å². The minimum Gasteiger partial charge on any atom is -0.458 e. The Hall–Kier alpha value is -3.38. The van der Waals surface area contributed by atoms with Crippen molar-refractivity contribution in [2.24, 2.45) is 0 Å². The molecule has 1 aromatic carbocycles. The van der Waals surface area contributed by atoms with Crippen molar-refractivity contribution < 1.29 is 14.3 Å². The number of Topliss-reactive ketones (excluding diaryl/α,β-unsaturated/α-hetero) is 1. The van der Waals surface area contributed by atoms with E-state index >= 15 is 0 Å². The van der Waals surface area contributed by atoms with Gasteiger partial charge in [-0.25, -0.2) is 9.97 Å². The van der Waals surface area contributed by atoms with Gasteiger partial charge in [0.1, 0.15) is 10.8 Å². The summed E-state index contributed by atoms with van der Waals surface area (Å²) in [7, 11) is 0. The lowest BCUT2D eigenvalue weighted by atomic mass is 10.1. The third-order valence-corrected chi connectivity index (χ3v) is 4.97. The maximum atomic E-state index is 12.2. The summed E-state index contributed by atoms with van der Waals surface area (Å²) in [6.45, 7) is 1.27. The number of hydrogen-bond acceptors (Lipinski definition) is 8. The Bertz CT molecular complexity index is 1130. The Morgan fingerprint density at radius 3 is 2.82 bits per heavy atom. The molecule has 9 heteroatoms. The average Bonchev–Trinajstić information content (AvgIpc) is 3.11. The number of H-pyrrole nitrogens is 1. The Labute approximate surface area is 163 Å². The molecule has 28 heavy (non-hydrogen) atoms. The number of carbonyl (C=O) groups is 2. The molecule has 3 rings (SSSR count). The van der Waals surface area contributed by atoms with E-state index < -0.39 is 24.3 Å². The number of ketones is 1. The highest BCUT2D eigenvalue weighted by Crippen LogP contribution is 2.20. The topological polar surface area (TPSA) is 126 Å². The van der Waals surface area contributed by atoms with Crippen molar-refractivity contribution in [2.45, 2.75) is 25.7 Å². The van der Waals surface area contributed by atoms with E-state index in [1.165, 1.54) is 11.3 Å². The van der Waals surface area contributed by atoms with Crippen LogP contribution in [0, 0.1) is 18.3 Å². The molecule has 142 valence electrons. The van der Waals surface area contributed by atoms with Gasteiger partial charge in [0.15, 0.2) is 18.3 Å². The summed E-state index contributed by atoms with van der Waals surface area (Å²) in [6.07, 6.45) is 0.114. The van der Waals surface area contributed by atoms with E-state index in [9.17, 15) is 19.6 Å². The Kier molecular flexibility index (Phi) is 5.91. The summed E-state index contributed by atoms with van der Waals surface area (Å²) < 4.78 is 4.97. The third-order valence-electron chi connectivity index (χ3n) is 3.94. The van der Waals surface area contributed by atoms with E-state index in [4.69, 9.17) is 4.74 Å². The van der Waals surface area contributed by atoms with E-state index in [0.717, 1.165) is 5.69 Å². The first kappa shape index (κ1) is 19.4. The number of esters is 1. The van der Waals surface area contributed by atoms with Crippen molar-refractivity contribution >= 4 is 34.0 Å². The average molecular weight is 396 g/mol. The fraction of sp³-hybridized carbons (Fsp3) is 0.263. The molecule has 0 bridgehead atoms. The van der Waals surface area contributed by atoms with Crippen LogP contribution in [0.5, 0.6) is 0 Å². The van der Waals surface area contributed by atoms with E-state index in [0.29, 0.717) is 21.7 Å². The summed E-state index contributed by atoms with van der Waals surface area (Å²) in [5, 5.41) is 11.8. The highest BCUT2D eigenvalue weighted by molar-refractivity contribution is 7.09. The second-order valence-corrected chi connectivity index (χ2v) is 6.94. The lowest BCUT2D eigenvalue weighted by Gasteiger charge is -2.07. The van der Waals surface area contributed by atoms with Gasteiger partial charge in [0, 0.05) is 17.5 Å². The maximum absolute atomic E-state index is 12.2. The van der Waals surface area contributed by atoms with Crippen LogP contribution >= 0.6 is 11.3 Å². The number of fused-ring (bicyclic) bond motifs is 1. The molecule has 1 N–H and O–H groups in total. The van der Waals surface area contributed by atoms with E-state index in [2.05, 4.69) is 15.0 Å². The second kappa shape index (κ2) is 8.54.